The lowest BCUT2D eigenvalue weighted by Gasteiger charge is -2.28. The van der Waals surface area contributed by atoms with Gasteiger partial charge in [-0.15, -0.1) is 0 Å². The number of ether oxygens (including phenoxy) is 1. The van der Waals surface area contributed by atoms with Crippen molar-refractivity contribution >= 4 is 11.9 Å². The van der Waals surface area contributed by atoms with Crippen molar-refractivity contribution < 1.29 is 18.7 Å². The Labute approximate surface area is 165 Å². The van der Waals surface area contributed by atoms with Crippen LogP contribution in [-0.2, 0) is 26.2 Å². The number of benzene rings is 2. The number of carbonyl (C=O) groups excluding carboxylic acids is 2. The lowest BCUT2D eigenvalue weighted by molar-refractivity contribution is -0.160. The second-order valence-electron chi connectivity index (χ2n) is 7.37. The molecule has 2 aromatic carbocycles. The van der Waals surface area contributed by atoms with Crippen LogP contribution in [0.4, 0.5) is 4.39 Å². The molecule has 1 aliphatic carbocycles. The van der Waals surface area contributed by atoms with Crippen LogP contribution in [0.2, 0.25) is 0 Å². The lowest BCUT2D eigenvalue weighted by atomic mass is 9.79. The topological polar surface area (TPSA) is 55.4 Å². The second-order valence-corrected chi connectivity index (χ2v) is 7.37. The summed E-state index contributed by atoms with van der Waals surface area (Å²) in [5.41, 5.74) is 1.11. The number of halogens is 1. The van der Waals surface area contributed by atoms with E-state index in [2.05, 4.69) is 5.32 Å². The first kappa shape index (κ1) is 20.1. The summed E-state index contributed by atoms with van der Waals surface area (Å²) in [6.45, 7) is 2.07. The monoisotopic (exact) mass is 383 g/mol. The maximum atomic E-state index is 13.3. The van der Waals surface area contributed by atoms with Gasteiger partial charge in [0.1, 0.15) is 5.82 Å². The van der Waals surface area contributed by atoms with Crippen LogP contribution in [0.3, 0.4) is 0 Å². The van der Waals surface area contributed by atoms with Crippen molar-refractivity contribution in [2.24, 2.45) is 0 Å². The first-order valence-electron chi connectivity index (χ1n) is 9.80. The van der Waals surface area contributed by atoms with Crippen LogP contribution in [0.1, 0.15) is 43.7 Å². The Morgan fingerprint density at radius 2 is 1.71 bits per heavy atom. The second kappa shape index (κ2) is 9.00. The maximum absolute atomic E-state index is 13.3. The number of nitrogens with one attached hydrogen (secondary N) is 1. The molecule has 0 heterocycles. The van der Waals surface area contributed by atoms with Crippen LogP contribution in [0.25, 0.3) is 0 Å². The van der Waals surface area contributed by atoms with E-state index in [-0.39, 0.29) is 11.7 Å². The fraction of sp³-hybridized carbons (Fsp3) is 0.391. The summed E-state index contributed by atoms with van der Waals surface area (Å²) in [4.78, 5) is 25.3. The van der Waals surface area contributed by atoms with E-state index in [1.807, 2.05) is 30.3 Å². The summed E-state index contributed by atoms with van der Waals surface area (Å²) < 4.78 is 18.8. The molecule has 1 atom stereocenters. The fourth-order valence-corrected chi connectivity index (χ4v) is 3.80. The van der Waals surface area contributed by atoms with Crippen LogP contribution in [0.15, 0.2) is 54.6 Å². The molecule has 0 aromatic heterocycles. The van der Waals surface area contributed by atoms with Gasteiger partial charge in [0.05, 0.1) is 5.41 Å². The Morgan fingerprint density at radius 3 is 2.36 bits per heavy atom. The van der Waals surface area contributed by atoms with Crippen LogP contribution >= 0.6 is 0 Å². The summed E-state index contributed by atoms with van der Waals surface area (Å²) in [7, 11) is 0. The predicted octanol–water partition coefficient (Wildman–Crippen LogP) is 3.93. The standard InChI is InChI=1S/C23H26FNO3/c1-17(21(26)25-16-13-18-7-3-2-4-8-18)28-22(27)23(14-5-6-15-23)19-9-11-20(24)12-10-19/h2-4,7-12,17H,5-6,13-16H2,1H3,(H,25,26)/t17-/m1/s1. The molecular formula is C23H26FNO3. The van der Waals surface area contributed by atoms with E-state index < -0.39 is 17.5 Å². The van der Waals surface area contributed by atoms with Gasteiger partial charge in [-0.05, 0) is 49.4 Å². The van der Waals surface area contributed by atoms with Crippen molar-refractivity contribution in [1.29, 1.82) is 0 Å². The molecule has 1 N–H and O–H groups in total. The van der Waals surface area contributed by atoms with Gasteiger partial charge in [-0.2, -0.15) is 0 Å². The Hall–Kier alpha value is -2.69. The predicted molar refractivity (Wildman–Crippen MR) is 105 cm³/mol. The van der Waals surface area contributed by atoms with Gasteiger partial charge in [0.25, 0.3) is 5.91 Å². The average molecular weight is 383 g/mol. The summed E-state index contributed by atoms with van der Waals surface area (Å²) >= 11 is 0. The Bertz CT molecular complexity index is 798. The zero-order valence-corrected chi connectivity index (χ0v) is 16.1. The number of carbonyl (C=O) groups is 2. The zero-order valence-electron chi connectivity index (χ0n) is 16.1. The molecule has 28 heavy (non-hydrogen) atoms. The molecule has 1 saturated carbocycles. The minimum atomic E-state index is -0.874. The van der Waals surface area contributed by atoms with Crippen LogP contribution in [-0.4, -0.2) is 24.5 Å². The Morgan fingerprint density at radius 1 is 1.07 bits per heavy atom. The largest absolute Gasteiger partial charge is 0.452 e. The number of hydrogen-bond donors (Lipinski definition) is 1. The zero-order chi connectivity index (χ0) is 20.0. The molecule has 1 fully saturated rings. The normalized spacial score (nSPS) is 16.4. The molecule has 1 aliphatic rings. The molecule has 4 nitrogen and oxygen atoms in total. The molecule has 0 aliphatic heterocycles. The molecule has 0 saturated heterocycles. The molecule has 0 spiro atoms. The quantitative estimate of drug-likeness (QED) is 0.737. The van der Waals surface area contributed by atoms with Crippen molar-refractivity contribution in [3.63, 3.8) is 0 Å². The maximum Gasteiger partial charge on any atom is 0.317 e. The van der Waals surface area contributed by atoms with E-state index in [9.17, 15) is 14.0 Å². The highest BCUT2D eigenvalue weighted by atomic mass is 19.1. The van der Waals surface area contributed by atoms with Gasteiger partial charge >= 0.3 is 5.97 Å². The first-order chi connectivity index (χ1) is 13.5. The van der Waals surface area contributed by atoms with Gasteiger partial charge in [0.15, 0.2) is 6.10 Å². The smallest absolute Gasteiger partial charge is 0.317 e. The van der Waals surface area contributed by atoms with Gasteiger partial charge in [0.2, 0.25) is 0 Å². The number of rotatable bonds is 7. The fourth-order valence-electron chi connectivity index (χ4n) is 3.80. The summed E-state index contributed by atoms with van der Waals surface area (Å²) in [5.74, 6) is -1.05. The van der Waals surface area contributed by atoms with Crippen molar-refractivity contribution in [1.82, 2.24) is 5.32 Å². The van der Waals surface area contributed by atoms with Gasteiger partial charge in [-0.1, -0.05) is 55.3 Å². The van der Waals surface area contributed by atoms with Crippen LogP contribution in [0.5, 0.6) is 0 Å². The van der Waals surface area contributed by atoms with Gasteiger partial charge in [-0.25, -0.2) is 4.39 Å². The van der Waals surface area contributed by atoms with Crippen LogP contribution < -0.4 is 5.32 Å². The minimum Gasteiger partial charge on any atom is -0.452 e. The third-order valence-electron chi connectivity index (χ3n) is 5.45. The summed E-state index contributed by atoms with van der Waals surface area (Å²) in [6.07, 6.45) is 2.96. The van der Waals surface area contributed by atoms with Crippen molar-refractivity contribution in [2.45, 2.75) is 50.5 Å². The summed E-state index contributed by atoms with van der Waals surface area (Å²) in [5, 5.41) is 2.82. The van der Waals surface area contributed by atoms with E-state index in [1.165, 1.54) is 12.1 Å². The third-order valence-corrected chi connectivity index (χ3v) is 5.45. The van der Waals surface area contributed by atoms with E-state index in [1.54, 1.807) is 19.1 Å². The number of hydrogen-bond acceptors (Lipinski definition) is 3. The third kappa shape index (κ3) is 4.58. The van der Waals surface area contributed by atoms with Crippen molar-refractivity contribution in [2.75, 3.05) is 6.54 Å². The van der Waals surface area contributed by atoms with Crippen LogP contribution in [0, 0.1) is 5.82 Å². The van der Waals surface area contributed by atoms with Crippen molar-refractivity contribution in [3.8, 4) is 0 Å². The Kier molecular flexibility index (Phi) is 6.45. The molecular weight excluding hydrogens is 357 g/mol. The van der Waals surface area contributed by atoms with Gasteiger partial charge in [0, 0.05) is 6.54 Å². The molecule has 0 radical (unpaired) electrons. The SMILES string of the molecule is C[C@@H](OC(=O)C1(c2ccc(F)cc2)CCCC1)C(=O)NCCc1ccccc1. The van der Waals surface area contributed by atoms with E-state index in [0.29, 0.717) is 25.8 Å². The Balaban J connectivity index is 1.58. The number of amides is 1. The highest BCUT2D eigenvalue weighted by molar-refractivity contribution is 5.88. The lowest BCUT2D eigenvalue weighted by Crippen LogP contribution is -2.42. The molecule has 0 bridgehead atoms. The van der Waals surface area contributed by atoms with E-state index in [0.717, 1.165) is 24.0 Å². The highest BCUT2D eigenvalue weighted by Crippen LogP contribution is 2.42. The molecule has 0 unspecified atom stereocenters. The molecule has 5 heteroatoms. The molecule has 148 valence electrons. The number of esters is 1. The first-order valence-corrected chi connectivity index (χ1v) is 9.80. The van der Waals surface area contributed by atoms with E-state index in [4.69, 9.17) is 4.74 Å². The average Bonchev–Trinajstić information content (AvgIpc) is 3.20. The van der Waals surface area contributed by atoms with Gasteiger partial charge in [-0.3, -0.25) is 9.59 Å². The van der Waals surface area contributed by atoms with Gasteiger partial charge < -0.3 is 10.1 Å². The highest BCUT2D eigenvalue weighted by Gasteiger charge is 2.45. The molecule has 1 amide bonds. The molecule has 2 aromatic rings. The summed E-state index contributed by atoms with van der Waals surface area (Å²) in [6, 6.07) is 15.9. The van der Waals surface area contributed by atoms with E-state index >= 15 is 0 Å². The minimum absolute atomic E-state index is 0.309. The van der Waals surface area contributed by atoms with Crippen molar-refractivity contribution in [3.05, 3.63) is 71.5 Å². The molecule has 3 rings (SSSR count).